The Morgan fingerprint density at radius 1 is 1.15 bits per heavy atom. The summed E-state index contributed by atoms with van der Waals surface area (Å²) in [5, 5.41) is 8.92. The monoisotopic (exact) mass is 371 g/mol. The van der Waals surface area contributed by atoms with E-state index in [9.17, 15) is 8.42 Å². The van der Waals surface area contributed by atoms with Gasteiger partial charge in [0.05, 0.1) is 29.6 Å². The van der Waals surface area contributed by atoms with Crippen molar-refractivity contribution in [2.45, 2.75) is 38.7 Å². The van der Waals surface area contributed by atoms with E-state index in [0.717, 1.165) is 22.3 Å². The molecule has 2 heterocycles. The van der Waals surface area contributed by atoms with Gasteiger partial charge >= 0.3 is 0 Å². The standard InChI is InChI=1S/C19H21N3O3S/c1-12-7-13(2)15(4)19(14(12)3)26(23,24)22-10-17(11-22)25-18-8-16(9-20)5-6-21-18/h5-8,17H,10-11H2,1-4H3. The van der Waals surface area contributed by atoms with Gasteiger partial charge in [0.15, 0.2) is 0 Å². The summed E-state index contributed by atoms with van der Waals surface area (Å²) >= 11 is 0. The van der Waals surface area contributed by atoms with Gasteiger partial charge in [0.25, 0.3) is 0 Å². The molecule has 1 aliphatic heterocycles. The van der Waals surface area contributed by atoms with Gasteiger partial charge in [-0.2, -0.15) is 9.57 Å². The highest BCUT2D eigenvalue weighted by Crippen LogP contribution is 2.31. The number of hydrogen-bond donors (Lipinski definition) is 0. The van der Waals surface area contributed by atoms with Crippen LogP contribution in [0.25, 0.3) is 0 Å². The van der Waals surface area contributed by atoms with Crippen molar-refractivity contribution < 1.29 is 13.2 Å². The van der Waals surface area contributed by atoms with E-state index in [1.165, 1.54) is 10.5 Å². The molecule has 6 nitrogen and oxygen atoms in total. The highest BCUT2D eigenvalue weighted by molar-refractivity contribution is 7.89. The first-order valence-electron chi connectivity index (χ1n) is 8.34. The molecular formula is C19H21N3O3S. The van der Waals surface area contributed by atoms with E-state index in [0.29, 0.717) is 16.3 Å². The highest BCUT2D eigenvalue weighted by atomic mass is 32.2. The average molecular weight is 371 g/mol. The largest absolute Gasteiger partial charge is 0.471 e. The maximum atomic E-state index is 13.1. The Hall–Kier alpha value is -2.43. The minimum Gasteiger partial charge on any atom is -0.471 e. The molecule has 1 fully saturated rings. The molecule has 0 spiro atoms. The van der Waals surface area contributed by atoms with Crippen molar-refractivity contribution in [3.05, 3.63) is 52.2 Å². The summed E-state index contributed by atoms with van der Waals surface area (Å²) in [4.78, 5) is 4.47. The predicted molar refractivity (Wildman–Crippen MR) is 97.5 cm³/mol. The third kappa shape index (κ3) is 3.18. The summed E-state index contributed by atoms with van der Waals surface area (Å²) in [6.07, 6.45) is 1.24. The molecule has 3 rings (SSSR count). The van der Waals surface area contributed by atoms with Crippen LogP contribution in [-0.4, -0.2) is 36.9 Å². The molecule has 1 aliphatic rings. The molecule has 0 amide bonds. The SMILES string of the molecule is Cc1cc(C)c(C)c(S(=O)(=O)N2CC(Oc3cc(C#N)ccn3)C2)c1C. The van der Waals surface area contributed by atoms with Crippen LogP contribution in [0.2, 0.25) is 0 Å². The van der Waals surface area contributed by atoms with E-state index < -0.39 is 10.0 Å². The maximum Gasteiger partial charge on any atom is 0.243 e. The fraction of sp³-hybridized carbons (Fsp3) is 0.368. The average Bonchev–Trinajstić information content (AvgIpc) is 2.56. The molecule has 0 N–H and O–H groups in total. The molecule has 26 heavy (non-hydrogen) atoms. The third-order valence-corrected chi connectivity index (χ3v) is 6.97. The summed E-state index contributed by atoms with van der Waals surface area (Å²) in [6.45, 7) is 8.09. The van der Waals surface area contributed by atoms with Crippen LogP contribution >= 0.6 is 0 Å². The number of aryl methyl sites for hydroxylation is 2. The van der Waals surface area contributed by atoms with E-state index in [1.807, 2.05) is 39.8 Å². The van der Waals surface area contributed by atoms with E-state index in [2.05, 4.69) is 4.98 Å². The van der Waals surface area contributed by atoms with Crippen molar-refractivity contribution in [1.82, 2.24) is 9.29 Å². The number of sulfonamides is 1. The molecule has 1 aromatic heterocycles. The summed E-state index contributed by atoms with van der Waals surface area (Å²) < 4.78 is 33.3. The van der Waals surface area contributed by atoms with Gasteiger partial charge in [-0.1, -0.05) is 6.07 Å². The molecular weight excluding hydrogens is 350 g/mol. The second-order valence-corrected chi connectivity index (χ2v) is 8.52. The number of ether oxygens (including phenoxy) is 1. The van der Waals surface area contributed by atoms with Gasteiger partial charge in [-0.25, -0.2) is 13.4 Å². The Labute approximate surface area is 154 Å². The summed E-state index contributed by atoms with van der Waals surface area (Å²) in [5.41, 5.74) is 3.98. The summed E-state index contributed by atoms with van der Waals surface area (Å²) in [6, 6.07) is 7.19. The zero-order chi connectivity index (χ0) is 19.1. The molecule has 0 aliphatic carbocycles. The lowest BCUT2D eigenvalue weighted by Gasteiger charge is -2.38. The van der Waals surface area contributed by atoms with Gasteiger partial charge in [-0.15, -0.1) is 0 Å². The van der Waals surface area contributed by atoms with E-state index in [4.69, 9.17) is 10.00 Å². The van der Waals surface area contributed by atoms with Crippen LogP contribution in [-0.2, 0) is 10.0 Å². The van der Waals surface area contributed by atoms with Crippen LogP contribution in [0.4, 0.5) is 0 Å². The molecule has 1 aromatic carbocycles. The van der Waals surface area contributed by atoms with Gasteiger partial charge in [0.2, 0.25) is 15.9 Å². The first-order valence-corrected chi connectivity index (χ1v) is 9.78. The first-order chi connectivity index (χ1) is 12.2. The minimum atomic E-state index is -3.57. The van der Waals surface area contributed by atoms with Crippen molar-refractivity contribution in [2.75, 3.05) is 13.1 Å². The Kier molecular flexibility index (Phi) is 4.74. The van der Waals surface area contributed by atoms with E-state index >= 15 is 0 Å². The van der Waals surface area contributed by atoms with Crippen LogP contribution in [0.5, 0.6) is 5.88 Å². The van der Waals surface area contributed by atoms with Gasteiger partial charge in [0, 0.05) is 12.3 Å². The van der Waals surface area contributed by atoms with Crippen molar-refractivity contribution in [3.8, 4) is 11.9 Å². The molecule has 136 valence electrons. The second-order valence-electron chi connectivity index (χ2n) is 6.65. The van der Waals surface area contributed by atoms with Crippen LogP contribution < -0.4 is 4.74 Å². The van der Waals surface area contributed by atoms with E-state index in [-0.39, 0.29) is 19.2 Å². The molecule has 0 unspecified atom stereocenters. The Morgan fingerprint density at radius 2 is 1.77 bits per heavy atom. The van der Waals surface area contributed by atoms with Crippen molar-refractivity contribution in [3.63, 3.8) is 0 Å². The normalized spacial score (nSPS) is 15.3. The summed E-state index contributed by atoms with van der Waals surface area (Å²) in [5.74, 6) is 0.338. The first kappa shape index (κ1) is 18.4. The summed E-state index contributed by atoms with van der Waals surface area (Å²) in [7, 11) is -3.57. The number of rotatable bonds is 4. The lowest BCUT2D eigenvalue weighted by Crippen LogP contribution is -2.56. The van der Waals surface area contributed by atoms with Gasteiger partial charge in [-0.05, 0) is 56.0 Å². The molecule has 0 bridgehead atoms. The topological polar surface area (TPSA) is 83.3 Å². The Balaban J connectivity index is 1.77. The Bertz CT molecular complexity index is 977. The number of benzene rings is 1. The number of nitriles is 1. The molecule has 0 radical (unpaired) electrons. The van der Waals surface area contributed by atoms with Gasteiger partial charge in [0.1, 0.15) is 6.10 Å². The quantitative estimate of drug-likeness (QED) is 0.825. The second kappa shape index (κ2) is 6.71. The molecule has 0 saturated carbocycles. The molecule has 7 heteroatoms. The number of hydrogen-bond acceptors (Lipinski definition) is 5. The van der Waals surface area contributed by atoms with Gasteiger partial charge < -0.3 is 4.74 Å². The smallest absolute Gasteiger partial charge is 0.243 e. The lowest BCUT2D eigenvalue weighted by atomic mass is 10.0. The minimum absolute atomic E-state index is 0.266. The predicted octanol–water partition coefficient (Wildman–Crippen LogP) is 2.64. The Morgan fingerprint density at radius 3 is 2.35 bits per heavy atom. The zero-order valence-electron chi connectivity index (χ0n) is 15.3. The number of aromatic nitrogens is 1. The maximum absolute atomic E-state index is 13.1. The third-order valence-electron chi connectivity index (χ3n) is 4.86. The number of pyridine rings is 1. The van der Waals surface area contributed by atoms with Crippen LogP contribution in [0.15, 0.2) is 29.3 Å². The molecule has 0 atom stereocenters. The van der Waals surface area contributed by atoms with Crippen LogP contribution in [0.1, 0.15) is 27.8 Å². The van der Waals surface area contributed by atoms with Crippen LogP contribution in [0.3, 0.4) is 0 Å². The molecule has 1 saturated heterocycles. The lowest BCUT2D eigenvalue weighted by molar-refractivity contribution is 0.0720. The fourth-order valence-corrected chi connectivity index (χ4v) is 5.16. The highest BCUT2D eigenvalue weighted by Gasteiger charge is 2.40. The fourth-order valence-electron chi connectivity index (χ4n) is 3.08. The van der Waals surface area contributed by atoms with Crippen molar-refractivity contribution in [2.24, 2.45) is 0 Å². The van der Waals surface area contributed by atoms with E-state index in [1.54, 1.807) is 12.1 Å². The van der Waals surface area contributed by atoms with Gasteiger partial charge in [-0.3, -0.25) is 0 Å². The molecule has 2 aromatic rings. The van der Waals surface area contributed by atoms with Crippen molar-refractivity contribution >= 4 is 10.0 Å². The van der Waals surface area contributed by atoms with Crippen LogP contribution in [0, 0.1) is 39.0 Å². The zero-order valence-corrected chi connectivity index (χ0v) is 16.1. The number of nitrogens with zero attached hydrogens (tertiary/aromatic N) is 3. The van der Waals surface area contributed by atoms with Crippen molar-refractivity contribution in [1.29, 1.82) is 5.26 Å².